The maximum Gasteiger partial charge on any atom is 0.261 e. The van der Waals surface area contributed by atoms with Crippen molar-refractivity contribution < 1.29 is 13.2 Å². The first-order valence-electron chi connectivity index (χ1n) is 9.12. The quantitative estimate of drug-likeness (QED) is 0.711. The fourth-order valence-electron chi connectivity index (χ4n) is 3.27. The Bertz CT molecular complexity index is 884. The van der Waals surface area contributed by atoms with Crippen LogP contribution in [0.2, 0.25) is 0 Å². The van der Waals surface area contributed by atoms with Crippen molar-refractivity contribution in [1.82, 2.24) is 10.6 Å². The lowest BCUT2D eigenvalue weighted by atomic mass is 9.92. The minimum absolute atomic E-state index is 0.00516. The van der Waals surface area contributed by atoms with Crippen molar-refractivity contribution >= 4 is 21.6 Å². The Morgan fingerprint density at radius 3 is 2.56 bits per heavy atom. The summed E-state index contributed by atoms with van der Waals surface area (Å²) >= 11 is 0. The highest BCUT2D eigenvalue weighted by Crippen LogP contribution is 2.21. The molecule has 3 N–H and O–H groups in total. The Kier molecular flexibility index (Phi) is 6.13. The van der Waals surface area contributed by atoms with Gasteiger partial charge in [-0.2, -0.15) is 0 Å². The number of para-hydroxylation sites is 1. The van der Waals surface area contributed by atoms with E-state index in [1.54, 1.807) is 42.5 Å². The van der Waals surface area contributed by atoms with Gasteiger partial charge >= 0.3 is 0 Å². The molecule has 1 heterocycles. The average molecular weight is 388 g/mol. The third-order valence-electron chi connectivity index (χ3n) is 4.76. The first-order valence-corrected chi connectivity index (χ1v) is 10.6. The van der Waals surface area contributed by atoms with Crippen molar-refractivity contribution in [2.24, 2.45) is 5.92 Å². The molecule has 1 amide bonds. The molecule has 0 aromatic heterocycles. The second-order valence-electron chi connectivity index (χ2n) is 6.87. The molecule has 0 spiro atoms. The number of amides is 1. The molecule has 2 atom stereocenters. The molecular weight excluding hydrogens is 362 g/mol. The van der Waals surface area contributed by atoms with E-state index in [0.717, 1.165) is 24.9 Å². The zero-order chi connectivity index (χ0) is 19.3. The average Bonchev–Trinajstić information content (AvgIpc) is 2.67. The van der Waals surface area contributed by atoms with Gasteiger partial charge in [-0.15, -0.1) is 0 Å². The van der Waals surface area contributed by atoms with Crippen LogP contribution in [-0.4, -0.2) is 26.9 Å². The van der Waals surface area contributed by atoms with Gasteiger partial charge in [0.1, 0.15) is 0 Å². The second kappa shape index (κ2) is 8.54. The maximum absolute atomic E-state index is 12.6. The van der Waals surface area contributed by atoms with E-state index in [1.807, 2.05) is 12.1 Å². The fraction of sp³-hybridized carbons (Fsp3) is 0.350. The molecular formula is C20H25N3O3S. The third-order valence-corrected chi connectivity index (χ3v) is 6.14. The number of anilines is 1. The molecule has 0 radical (unpaired) electrons. The van der Waals surface area contributed by atoms with E-state index >= 15 is 0 Å². The van der Waals surface area contributed by atoms with Crippen LogP contribution in [0.4, 0.5) is 5.69 Å². The lowest BCUT2D eigenvalue weighted by Crippen LogP contribution is -2.42. The van der Waals surface area contributed by atoms with E-state index in [2.05, 4.69) is 22.3 Å². The molecule has 0 unspecified atom stereocenters. The molecule has 27 heavy (non-hydrogen) atoms. The Hall–Kier alpha value is -2.38. The monoisotopic (exact) mass is 387 g/mol. The number of carbonyl (C=O) groups excluding carboxylic acids is 1. The molecule has 0 bridgehead atoms. The Labute approximate surface area is 160 Å². The minimum Gasteiger partial charge on any atom is -0.352 e. The number of benzene rings is 2. The number of nitrogens with one attached hydrogen (secondary N) is 3. The highest BCUT2D eigenvalue weighted by molar-refractivity contribution is 7.92. The van der Waals surface area contributed by atoms with Crippen LogP contribution < -0.4 is 15.4 Å². The van der Waals surface area contributed by atoms with Gasteiger partial charge in [-0.05, 0) is 50.1 Å². The topological polar surface area (TPSA) is 87.3 Å². The van der Waals surface area contributed by atoms with Gasteiger partial charge in [0, 0.05) is 18.5 Å². The van der Waals surface area contributed by atoms with Gasteiger partial charge in [0.2, 0.25) is 5.91 Å². The number of rotatable bonds is 6. The van der Waals surface area contributed by atoms with Crippen LogP contribution in [-0.2, 0) is 21.4 Å². The molecule has 7 heteroatoms. The number of hydrogen-bond donors (Lipinski definition) is 3. The van der Waals surface area contributed by atoms with Gasteiger partial charge in [0.15, 0.2) is 0 Å². The Balaban J connectivity index is 1.68. The molecule has 1 saturated heterocycles. The SMILES string of the molecule is C[C@H]1C[C@@H](C(=O)NCc2ccccc2NS(=O)(=O)c2ccccc2)CCN1. The predicted octanol–water partition coefficient (Wildman–Crippen LogP) is 2.49. The molecule has 3 rings (SSSR count). The number of carbonyl (C=O) groups is 1. The van der Waals surface area contributed by atoms with Crippen molar-refractivity contribution in [1.29, 1.82) is 0 Å². The fourth-order valence-corrected chi connectivity index (χ4v) is 4.40. The molecule has 1 fully saturated rings. The zero-order valence-corrected chi connectivity index (χ0v) is 16.1. The molecule has 1 aliphatic heterocycles. The van der Waals surface area contributed by atoms with Crippen LogP contribution in [0.3, 0.4) is 0 Å². The minimum atomic E-state index is -3.67. The zero-order valence-electron chi connectivity index (χ0n) is 15.3. The smallest absolute Gasteiger partial charge is 0.261 e. The Morgan fingerprint density at radius 2 is 1.81 bits per heavy atom. The standard InChI is InChI=1S/C20H25N3O3S/c1-15-13-16(11-12-21-15)20(24)22-14-17-7-5-6-10-19(17)23-27(25,26)18-8-3-2-4-9-18/h2-10,15-16,21,23H,11-14H2,1H3,(H,22,24)/t15-,16-/m0/s1. The van der Waals surface area contributed by atoms with Gasteiger partial charge in [0.25, 0.3) is 10.0 Å². The van der Waals surface area contributed by atoms with Crippen molar-refractivity contribution in [3.63, 3.8) is 0 Å². The van der Waals surface area contributed by atoms with Crippen LogP contribution in [0, 0.1) is 5.92 Å². The molecule has 0 aliphatic carbocycles. The molecule has 144 valence electrons. The molecule has 1 aliphatic rings. The summed E-state index contributed by atoms with van der Waals surface area (Å²) in [5, 5.41) is 6.29. The van der Waals surface area contributed by atoms with Crippen LogP contribution in [0.15, 0.2) is 59.5 Å². The summed E-state index contributed by atoms with van der Waals surface area (Å²) in [5.74, 6) is 0.0125. The van der Waals surface area contributed by atoms with Gasteiger partial charge < -0.3 is 10.6 Å². The number of hydrogen-bond acceptors (Lipinski definition) is 4. The van der Waals surface area contributed by atoms with Crippen LogP contribution >= 0.6 is 0 Å². The summed E-state index contributed by atoms with van der Waals surface area (Å²) in [4.78, 5) is 12.7. The lowest BCUT2D eigenvalue weighted by Gasteiger charge is -2.27. The van der Waals surface area contributed by atoms with Gasteiger partial charge in [-0.25, -0.2) is 8.42 Å². The summed E-state index contributed by atoms with van der Waals surface area (Å²) < 4.78 is 27.8. The van der Waals surface area contributed by atoms with E-state index < -0.39 is 10.0 Å². The summed E-state index contributed by atoms with van der Waals surface area (Å²) in [6, 6.07) is 15.7. The lowest BCUT2D eigenvalue weighted by molar-refractivity contribution is -0.126. The highest BCUT2D eigenvalue weighted by atomic mass is 32.2. The number of piperidine rings is 1. The summed E-state index contributed by atoms with van der Waals surface area (Å²) in [7, 11) is -3.67. The first kappa shape index (κ1) is 19.4. The van der Waals surface area contributed by atoms with Crippen LogP contribution in [0.1, 0.15) is 25.3 Å². The summed E-state index contributed by atoms with van der Waals surface area (Å²) in [6.45, 7) is 3.20. The van der Waals surface area contributed by atoms with Crippen molar-refractivity contribution in [2.45, 2.75) is 37.2 Å². The van der Waals surface area contributed by atoms with Crippen molar-refractivity contribution in [2.75, 3.05) is 11.3 Å². The van der Waals surface area contributed by atoms with E-state index in [-0.39, 0.29) is 23.3 Å². The van der Waals surface area contributed by atoms with Crippen LogP contribution in [0.5, 0.6) is 0 Å². The maximum atomic E-state index is 12.6. The van der Waals surface area contributed by atoms with Crippen molar-refractivity contribution in [3.8, 4) is 0 Å². The van der Waals surface area contributed by atoms with E-state index in [1.165, 1.54) is 0 Å². The van der Waals surface area contributed by atoms with E-state index in [9.17, 15) is 13.2 Å². The third kappa shape index (κ3) is 5.08. The first-order chi connectivity index (χ1) is 13.0. The molecule has 2 aromatic carbocycles. The van der Waals surface area contributed by atoms with Gasteiger partial charge in [-0.1, -0.05) is 36.4 Å². The normalized spacial score (nSPS) is 20.0. The van der Waals surface area contributed by atoms with E-state index in [0.29, 0.717) is 11.7 Å². The molecule has 2 aromatic rings. The largest absolute Gasteiger partial charge is 0.352 e. The number of sulfonamides is 1. The predicted molar refractivity (Wildman–Crippen MR) is 106 cm³/mol. The second-order valence-corrected chi connectivity index (χ2v) is 8.55. The van der Waals surface area contributed by atoms with Gasteiger partial charge in [-0.3, -0.25) is 9.52 Å². The molecule has 6 nitrogen and oxygen atoms in total. The molecule has 0 saturated carbocycles. The van der Waals surface area contributed by atoms with E-state index in [4.69, 9.17) is 0 Å². The summed E-state index contributed by atoms with van der Waals surface area (Å²) in [6.07, 6.45) is 1.63. The van der Waals surface area contributed by atoms with Crippen LogP contribution in [0.25, 0.3) is 0 Å². The Morgan fingerprint density at radius 1 is 1.11 bits per heavy atom. The van der Waals surface area contributed by atoms with Crippen molar-refractivity contribution in [3.05, 3.63) is 60.2 Å². The van der Waals surface area contributed by atoms with Gasteiger partial charge in [0.05, 0.1) is 10.6 Å². The highest BCUT2D eigenvalue weighted by Gasteiger charge is 2.24. The summed E-state index contributed by atoms with van der Waals surface area (Å²) in [5.41, 5.74) is 1.20.